The fourth-order valence-electron chi connectivity index (χ4n) is 4.43. The largest absolute Gasteiger partial charge is 0.325 e. The van der Waals surface area contributed by atoms with Crippen LogP contribution in [0.3, 0.4) is 0 Å². The summed E-state index contributed by atoms with van der Waals surface area (Å²) >= 11 is 0. The lowest BCUT2D eigenvalue weighted by atomic mass is 10.1. The number of quaternary nitrogens is 1. The van der Waals surface area contributed by atoms with Crippen LogP contribution in [0.15, 0.2) is 0 Å². The maximum absolute atomic E-state index is 11.9. The summed E-state index contributed by atoms with van der Waals surface area (Å²) in [6.07, 6.45) is 18.6. The van der Waals surface area contributed by atoms with Crippen molar-refractivity contribution in [1.82, 2.24) is 0 Å². The highest BCUT2D eigenvalue weighted by atomic mass is 32.2. The number of alkyl halides is 1. The molecule has 0 radical (unpaired) electrons. The molecule has 6 heteroatoms. The molecule has 0 aliphatic rings. The van der Waals surface area contributed by atoms with E-state index in [9.17, 15) is 12.8 Å². The minimum atomic E-state index is -3.34. The van der Waals surface area contributed by atoms with Crippen LogP contribution in [0.1, 0.15) is 144 Å². The molecule has 0 bridgehead atoms. The normalized spacial score (nSPS) is 11.9. The van der Waals surface area contributed by atoms with E-state index in [2.05, 4.69) is 34.6 Å². The Bertz CT molecular complexity index is 493. The summed E-state index contributed by atoms with van der Waals surface area (Å²) < 4.78 is 41.9. The van der Waals surface area contributed by atoms with Crippen LogP contribution in [0.25, 0.3) is 0 Å². The molecule has 0 amide bonds. The molecule has 0 aliphatic heterocycles. The maximum atomic E-state index is 11.9. The highest BCUT2D eigenvalue weighted by Crippen LogP contribution is 2.12. The van der Waals surface area contributed by atoms with Crippen molar-refractivity contribution in [1.29, 1.82) is 0 Å². The molecule has 0 heterocycles. The van der Waals surface area contributed by atoms with Crippen LogP contribution in [0.5, 0.6) is 0 Å². The fraction of sp³-hybridized carbons (Fsp3) is 1.00. The molecule has 35 heavy (non-hydrogen) atoms. The Balaban J connectivity index is 0. The maximum Gasteiger partial charge on any atom is 0.267 e. The highest BCUT2D eigenvalue weighted by molar-refractivity contribution is 7.86. The lowest BCUT2D eigenvalue weighted by Gasteiger charge is -2.34. The second kappa shape index (κ2) is 26.9. The molecule has 0 unspecified atom stereocenters. The summed E-state index contributed by atoms with van der Waals surface area (Å²) in [5.41, 5.74) is 0. The van der Waals surface area contributed by atoms with E-state index in [1.807, 2.05) is 0 Å². The number of hydrogen-bond donors (Lipinski definition) is 0. The van der Waals surface area contributed by atoms with Gasteiger partial charge in [0.25, 0.3) is 10.1 Å². The van der Waals surface area contributed by atoms with Crippen molar-refractivity contribution >= 4 is 10.1 Å². The van der Waals surface area contributed by atoms with Crippen molar-refractivity contribution in [3.8, 4) is 0 Å². The van der Waals surface area contributed by atoms with Crippen molar-refractivity contribution in [2.24, 2.45) is 0 Å². The van der Waals surface area contributed by atoms with Gasteiger partial charge >= 0.3 is 0 Å². The van der Waals surface area contributed by atoms with Gasteiger partial charge in [0.2, 0.25) is 0 Å². The van der Waals surface area contributed by atoms with Crippen LogP contribution in [-0.4, -0.2) is 58.1 Å². The summed E-state index contributed by atoms with van der Waals surface area (Å²) in [5.74, 6) is 0.145. The molecule has 0 rings (SSSR count). The lowest BCUT2D eigenvalue weighted by molar-refractivity contribution is -0.921. The Morgan fingerprint density at radius 1 is 0.543 bits per heavy atom. The second-order valence-electron chi connectivity index (χ2n) is 10.0. The van der Waals surface area contributed by atoms with Crippen LogP contribution in [0.4, 0.5) is 4.39 Å². The van der Waals surface area contributed by atoms with E-state index < -0.39 is 10.1 Å². The van der Waals surface area contributed by atoms with Crippen LogP contribution in [-0.2, 0) is 14.3 Å². The van der Waals surface area contributed by atoms with E-state index in [1.54, 1.807) is 0 Å². The predicted molar refractivity (Wildman–Crippen MR) is 152 cm³/mol. The fourth-order valence-corrected chi connectivity index (χ4v) is 5.48. The molecule has 214 valence electrons. The first-order valence-corrected chi connectivity index (χ1v) is 16.7. The Morgan fingerprint density at radius 3 is 1.29 bits per heavy atom. The zero-order valence-electron chi connectivity index (χ0n) is 24.4. The summed E-state index contributed by atoms with van der Waals surface area (Å²) in [7, 11) is -3.34. The average Bonchev–Trinajstić information content (AvgIpc) is 2.86. The van der Waals surface area contributed by atoms with Crippen LogP contribution in [0.2, 0.25) is 0 Å². The molecule has 0 saturated carbocycles. The molecule has 0 fully saturated rings. The summed E-state index contributed by atoms with van der Waals surface area (Å²) in [5, 5.41) is 0. The molecule has 0 aromatic rings. The third-order valence-corrected chi connectivity index (χ3v) is 8.79. The van der Waals surface area contributed by atoms with Gasteiger partial charge < -0.3 is 4.48 Å². The number of halogens is 1. The van der Waals surface area contributed by atoms with E-state index in [0.29, 0.717) is 19.4 Å². The van der Waals surface area contributed by atoms with Gasteiger partial charge in [-0.15, -0.1) is 0 Å². The van der Waals surface area contributed by atoms with E-state index in [-0.39, 0.29) is 12.4 Å². The zero-order chi connectivity index (χ0) is 26.7. The minimum absolute atomic E-state index is 0.145. The number of nitrogens with zero attached hydrogens (tertiary/aromatic N) is 1. The van der Waals surface area contributed by atoms with Gasteiger partial charge in [-0.05, 0) is 47.0 Å². The van der Waals surface area contributed by atoms with Gasteiger partial charge in [0.1, 0.15) is 0 Å². The van der Waals surface area contributed by atoms with Gasteiger partial charge in [0.05, 0.1) is 45.2 Å². The van der Waals surface area contributed by atoms with Gasteiger partial charge in [0.15, 0.2) is 0 Å². The second-order valence-corrected chi connectivity index (χ2v) is 11.8. The van der Waals surface area contributed by atoms with Crippen molar-refractivity contribution in [3.63, 3.8) is 0 Å². The first-order chi connectivity index (χ1) is 16.9. The predicted octanol–water partition coefficient (Wildman–Crippen LogP) is 8.84. The average molecular weight is 525 g/mol. The quantitative estimate of drug-likeness (QED) is 0.0680. The molecule has 0 N–H and O–H groups in total. The van der Waals surface area contributed by atoms with E-state index in [1.165, 1.54) is 75.6 Å². The van der Waals surface area contributed by atoms with Crippen LogP contribution < -0.4 is 0 Å². The van der Waals surface area contributed by atoms with Gasteiger partial charge in [-0.25, -0.2) is 0 Å². The third-order valence-electron chi connectivity index (χ3n) is 7.47. The molecule has 0 aliphatic carbocycles. The molecule has 0 saturated heterocycles. The van der Waals surface area contributed by atoms with Crippen molar-refractivity contribution in [3.05, 3.63) is 0 Å². The van der Waals surface area contributed by atoms with Crippen molar-refractivity contribution in [2.45, 2.75) is 144 Å². The van der Waals surface area contributed by atoms with Crippen LogP contribution >= 0.6 is 0 Å². The Hall–Kier alpha value is -0.200. The third kappa shape index (κ3) is 25.2. The van der Waals surface area contributed by atoms with E-state index in [0.717, 1.165) is 51.4 Å². The number of unbranched alkanes of at least 4 members (excludes halogenated alkanes) is 15. The van der Waals surface area contributed by atoms with Gasteiger partial charge in [-0.3, -0.25) is 8.57 Å². The molecular weight excluding hydrogens is 461 g/mol. The van der Waals surface area contributed by atoms with Crippen molar-refractivity contribution in [2.75, 3.05) is 45.2 Å². The minimum Gasteiger partial charge on any atom is -0.325 e. The topological polar surface area (TPSA) is 43.4 Å². The molecule has 4 nitrogen and oxygen atoms in total. The van der Waals surface area contributed by atoms with E-state index >= 15 is 0 Å². The first-order valence-electron chi connectivity index (χ1n) is 15.1. The summed E-state index contributed by atoms with van der Waals surface area (Å²) in [6.45, 7) is 16.6. The Morgan fingerprint density at radius 2 is 0.914 bits per heavy atom. The van der Waals surface area contributed by atoms with Gasteiger partial charge in [-0.1, -0.05) is 96.8 Å². The smallest absolute Gasteiger partial charge is 0.267 e. The first kappa shape index (κ1) is 37.0. The lowest BCUT2D eigenvalue weighted by Crippen LogP contribution is -2.47. The zero-order valence-corrected chi connectivity index (χ0v) is 25.2. The van der Waals surface area contributed by atoms with Crippen LogP contribution in [0, 0.1) is 0 Å². The SMILES string of the molecule is CCCCCCCCCCCOS(=O)(=O)CCCCCCCCCCF.CC[N+](CC)(CC)CC. The summed E-state index contributed by atoms with van der Waals surface area (Å²) in [6, 6.07) is 0. The number of rotatable bonds is 25. The molecule has 0 spiro atoms. The summed E-state index contributed by atoms with van der Waals surface area (Å²) in [4.78, 5) is 0. The molecule has 0 aromatic heterocycles. The monoisotopic (exact) mass is 524 g/mol. The standard InChI is InChI=1S/C21H43FO3S.C8H20N/c1-2-3-4-5-6-8-11-14-17-20-25-26(23,24)21-18-15-12-9-7-10-13-16-19-22;1-5-9(6-2,7-3)8-4/h2-21H2,1H3;5-8H2,1-4H3/q;+1. The Labute approximate surface area is 220 Å². The van der Waals surface area contributed by atoms with Gasteiger partial charge in [-0.2, -0.15) is 8.42 Å². The molecule has 0 aromatic carbocycles. The molecular formula is C29H63FNO3S+. The van der Waals surface area contributed by atoms with E-state index in [4.69, 9.17) is 4.18 Å². The number of hydrogen-bond acceptors (Lipinski definition) is 3. The Kier molecular flexibility index (Phi) is 28.4. The van der Waals surface area contributed by atoms with Gasteiger partial charge in [0, 0.05) is 0 Å². The highest BCUT2D eigenvalue weighted by Gasteiger charge is 2.16. The van der Waals surface area contributed by atoms with Crippen molar-refractivity contribution < 1.29 is 21.5 Å². The molecule has 0 atom stereocenters.